The number of fused-ring (bicyclic) bond motifs is 6. The number of rotatable bonds is 8. The maximum atomic E-state index is 2.48. The molecule has 0 fully saturated rings. The van der Waals surface area contributed by atoms with Gasteiger partial charge in [-0.05, 0) is 116 Å². The van der Waals surface area contributed by atoms with Gasteiger partial charge in [0.15, 0.2) is 0 Å². The minimum absolute atomic E-state index is 0.0962. The summed E-state index contributed by atoms with van der Waals surface area (Å²) < 4.78 is 2.38. The second-order valence-electron chi connectivity index (χ2n) is 17.7. The quantitative estimate of drug-likeness (QED) is 0.148. The van der Waals surface area contributed by atoms with Crippen molar-refractivity contribution < 1.29 is 0 Å². The molecule has 1 aliphatic carbocycles. The van der Waals surface area contributed by atoms with Crippen LogP contribution in [0.15, 0.2) is 243 Å². The summed E-state index contributed by atoms with van der Waals surface area (Å²) in [6, 6.07) is 88.9. The molecule has 2 nitrogen and oxygen atoms in total. The van der Waals surface area contributed by atoms with Gasteiger partial charge in [0.2, 0.25) is 0 Å². The Balaban J connectivity index is 1.03. The van der Waals surface area contributed by atoms with E-state index in [9.17, 15) is 0 Å². The summed E-state index contributed by atoms with van der Waals surface area (Å²) in [4.78, 5) is 2.48. The first kappa shape index (κ1) is 38.5. The largest absolute Gasteiger partial charge is 0.310 e. The van der Waals surface area contributed by atoms with Crippen molar-refractivity contribution in [3.05, 3.63) is 254 Å². The first-order valence-electron chi connectivity index (χ1n) is 22.6. The van der Waals surface area contributed by atoms with Gasteiger partial charge in [0.05, 0.1) is 16.7 Å². The van der Waals surface area contributed by atoms with Gasteiger partial charge < -0.3 is 9.47 Å². The Labute approximate surface area is 381 Å². The summed E-state index contributed by atoms with van der Waals surface area (Å²) in [5, 5.41) is 2.54. The molecule has 12 rings (SSSR count). The summed E-state index contributed by atoms with van der Waals surface area (Å²) >= 11 is 0. The molecule has 0 unspecified atom stereocenters. The molecule has 1 aliphatic rings. The summed E-state index contributed by atoms with van der Waals surface area (Å²) in [6.45, 7) is 4.70. The van der Waals surface area contributed by atoms with Crippen molar-refractivity contribution in [2.75, 3.05) is 4.90 Å². The maximum Gasteiger partial charge on any atom is 0.0546 e. The Morgan fingerprint density at radius 2 is 0.831 bits per heavy atom. The molecule has 65 heavy (non-hydrogen) atoms. The Morgan fingerprint density at radius 1 is 0.338 bits per heavy atom. The van der Waals surface area contributed by atoms with E-state index in [2.05, 4.69) is 266 Å². The lowest BCUT2D eigenvalue weighted by atomic mass is 9.82. The first-order valence-corrected chi connectivity index (χ1v) is 22.6. The van der Waals surface area contributed by atoms with Crippen molar-refractivity contribution in [3.8, 4) is 61.3 Å². The van der Waals surface area contributed by atoms with Crippen LogP contribution in [0.2, 0.25) is 0 Å². The number of para-hydroxylation sites is 2. The van der Waals surface area contributed by atoms with E-state index in [4.69, 9.17) is 0 Å². The minimum atomic E-state index is -0.0962. The van der Waals surface area contributed by atoms with Gasteiger partial charge in [0, 0.05) is 38.8 Å². The lowest BCUT2D eigenvalue weighted by molar-refractivity contribution is 0.660. The zero-order valence-corrected chi connectivity index (χ0v) is 36.5. The second kappa shape index (κ2) is 15.6. The standard InChI is InChI=1S/C63H46N2/c1-63(2)57-28-14-11-23-52(57)56-42-49(40-41-58(56)63)64(61-31-17-27-51(46-20-7-4-8-21-46)62(61)55-26-10-9-22-50(55)45-18-5-3-6-19-45)47-36-32-43(33-37-47)44-34-38-48(39-35-44)65-59-29-15-12-24-53(59)54-25-13-16-30-60(54)65/h3-42H,1-2H3. The normalized spacial score (nSPS) is 12.6. The minimum Gasteiger partial charge on any atom is -0.310 e. The smallest absolute Gasteiger partial charge is 0.0546 e. The average molecular weight is 831 g/mol. The monoisotopic (exact) mass is 830 g/mol. The van der Waals surface area contributed by atoms with E-state index in [0.29, 0.717) is 0 Å². The highest BCUT2D eigenvalue weighted by Gasteiger charge is 2.36. The maximum absolute atomic E-state index is 2.48. The summed E-state index contributed by atoms with van der Waals surface area (Å²) in [7, 11) is 0. The van der Waals surface area contributed by atoms with E-state index in [0.717, 1.165) is 22.7 Å². The van der Waals surface area contributed by atoms with E-state index >= 15 is 0 Å². The summed E-state index contributed by atoms with van der Waals surface area (Å²) in [5.41, 5.74) is 21.6. The summed E-state index contributed by atoms with van der Waals surface area (Å²) in [5.74, 6) is 0. The predicted octanol–water partition coefficient (Wildman–Crippen LogP) is 17.2. The van der Waals surface area contributed by atoms with Crippen LogP contribution < -0.4 is 4.90 Å². The van der Waals surface area contributed by atoms with Gasteiger partial charge >= 0.3 is 0 Å². The fourth-order valence-corrected chi connectivity index (χ4v) is 10.5. The highest BCUT2D eigenvalue weighted by molar-refractivity contribution is 6.09. The Kier molecular flexibility index (Phi) is 9.21. The molecule has 0 saturated heterocycles. The van der Waals surface area contributed by atoms with Crippen LogP contribution in [0.25, 0.3) is 83.1 Å². The van der Waals surface area contributed by atoms with Crippen LogP contribution in [0, 0.1) is 0 Å². The van der Waals surface area contributed by atoms with Crippen LogP contribution in [-0.2, 0) is 5.41 Å². The van der Waals surface area contributed by atoms with Gasteiger partial charge in [-0.15, -0.1) is 0 Å². The number of aromatic nitrogens is 1. The molecule has 2 heteroatoms. The molecule has 0 radical (unpaired) electrons. The van der Waals surface area contributed by atoms with E-state index in [1.54, 1.807) is 0 Å². The molecule has 0 spiro atoms. The first-order chi connectivity index (χ1) is 32.0. The van der Waals surface area contributed by atoms with Crippen LogP contribution in [0.4, 0.5) is 17.1 Å². The fourth-order valence-electron chi connectivity index (χ4n) is 10.5. The highest BCUT2D eigenvalue weighted by atomic mass is 15.1. The van der Waals surface area contributed by atoms with Crippen molar-refractivity contribution in [2.24, 2.45) is 0 Å². The van der Waals surface area contributed by atoms with E-state index in [1.807, 2.05) is 0 Å². The molecule has 0 amide bonds. The third-order valence-electron chi connectivity index (χ3n) is 13.6. The van der Waals surface area contributed by atoms with Gasteiger partial charge in [0.25, 0.3) is 0 Å². The van der Waals surface area contributed by atoms with E-state index in [-0.39, 0.29) is 5.41 Å². The van der Waals surface area contributed by atoms with E-state index < -0.39 is 0 Å². The van der Waals surface area contributed by atoms with Gasteiger partial charge in [-0.25, -0.2) is 0 Å². The molecule has 308 valence electrons. The van der Waals surface area contributed by atoms with Crippen molar-refractivity contribution in [2.45, 2.75) is 19.3 Å². The molecule has 0 aliphatic heterocycles. The molecular weight excluding hydrogens is 785 g/mol. The SMILES string of the molecule is CC1(C)c2ccccc2-c2cc(N(c3ccc(-c4ccc(-n5c6ccccc6c6ccccc65)cc4)cc3)c3cccc(-c4ccccc4)c3-c3ccccc3-c3ccccc3)ccc21. The zero-order chi connectivity index (χ0) is 43.5. The predicted molar refractivity (Wildman–Crippen MR) is 275 cm³/mol. The third kappa shape index (κ3) is 6.40. The number of benzene rings is 10. The Morgan fingerprint density at radius 3 is 1.49 bits per heavy atom. The number of hydrogen-bond acceptors (Lipinski definition) is 1. The van der Waals surface area contributed by atoms with Gasteiger partial charge in [-0.2, -0.15) is 0 Å². The number of hydrogen-bond donors (Lipinski definition) is 0. The lowest BCUT2D eigenvalue weighted by Crippen LogP contribution is -2.15. The molecule has 0 saturated carbocycles. The molecule has 0 bridgehead atoms. The third-order valence-corrected chi connectivity index (χ3v) is 13.6. The van der Waals surface area contributed by atoms with Crippen molar-refractivity contribution in [1.29, 1.82) is 0 Å². The fraction of sp³-hybridized carbons (Fsp3) is 0.0476. The summed E-state index contributed by atoms with van der Waals surface area (Å²) in [6.07, 6.45) is 0. The molecule has 0 atom stereocenters. The molecule has 10 aromatic carbocycles. The molecular formula is C63H46N2. The van der Waals surface area contributed by atoms with Gasteiger partial charge in [0.1, 0.15) is 0 Å². The molecule has 11 aromatic rings. The lowest BCUT2D eigenvalue weighted by Gasteiger charge is -2.31. The molecule has 1 aromatic heterocycles. The van der Waals surface area contributed by atoms with Crippen molar-refractivity contribution >= 4 is 38.9 Å². The number of nitrogens with zero attached hydrogens (tertiary/aromatic N) is 2. The molecule has 1 heterocycles. The van der Waals surface area contributed by atoms with Crippen LogP contribution >= 0.6 is 0 Å². The van der Waals surface area contributed by atoms with Crippen LogP contribution in [0.3, 0.4) is 0 Å². The van der Waals surface area contributed by atoms with E-state index in [1.165, 1.54) is 88.6 Å². The van der Waals surface area contributed by atoms with Gasteiger partial charge in [-0.1, -0.05) is 202 Å². The van der Waals surface area contributed by atoms with Crippen LogP contribution in [-0.4, -0.2) is 4.57 Å². The average Bonchev–Trinajstić information content (AvgIpc) is 3.83. The number of anilines is 3. The topological polar surface area (TPSA) is 8.17 Å². The van der Waals surface area contributed by atoms with Crippen molar-refractivity contribution in [1.82, 2.24) is 4.57 Å². The van der Waals surface area contributed by atoms with Crippen LogP contribution in [0.1, 0.15) is 25.0 Å². The molecule has 0 N–H and O–H groups in total. The van der Waals surface area contributed by atoms with Crippen LogP contribution in [0.5, 0.6) is 0 Å². The Bertz CT molecular complexity index is 3490. The highest BCUT2D eigenvalue weighted by Crippen LogP contribution is 2.53. The zero-order valence-electron chi connectivity index (χ0n) is 36.5. The van der Waals surface area contributed by atoms with Gasteiger partial charge in [-0.3, -0.25) is 0 Å². The van der Waals surface area contributed by atoms with Crippen molar-refractivity contribution in [3.63, 3.8) is 0 Å². The second-order valence-corrected chi connectivity index (χ2v) is 17.7. The Hall–Kier alpha value is -8.20.